The van der Waals surface area contributed by atoms with Crippen LogP contribution in [0, 0.1) is 0 Å². The van der Waals surface area contributed by atoms with Gasteiger partial charge in [0.2, 0.25) is 10.0 Å². The minimum Gasteiger partial charge on any atom is -0.348 e. The molecule has 0 radical (unpaired) electrons. The van der Waals surface area contributed by atoms with Gasteiger partial charge in [0.25, 0.3) is 5.91 Å². The Labute approximate surface area is 203 Å². The molecule has 4 aromatic rings. The second-order valence-electron chi connectivity index (χ2n) is 7.76. The second-order valence-corrected chi connectivity index (χ2v) is 10.3. The van der Waals surface area contributed by atoms with Gasteiger partial charge in [0, 0.05) is 38.0 Å². The van der Waals surface area contributed by atoms with E-state index in [9.17, 15) is 13.2 Å². The summed E-state index contributed by atoms with van der Waals surface area (Å²) in [6.07, 6.45) is 1.87. The van der Waals surface area contributed by atoms with Gasteiger partial charge in [-0.2, -0.15) is 5.10 Å². The zero-order valence-corrected chi connectivity index (χ0v) is 20.2. The van der Waals surface area contributed by atoms with E-state index < -0.39 is 15.9 Å². The molecule has 0 saturated heterocycles. The molecule has 34 heavy (non-hydrogen) atoms. The molecule has 1 amide bonds. The van der Waals surface area contributed by atoms with Crippen LogP contribution < -0.4 is 5.32 Å². The van der Waals surface area contributed by atoms with Crippen LogP contribution in [0.15, 0.2) is 90.0 Å². The van der Waals surface area contributed by atoms with Crippen LogP contribution in [0.3, 0.4) is 0 Å². The van der Waals surface area contributed by atoms with Crippen LogP contribution in [0.1, 0.15) is 15.9 Å². The smallest absolute Gasteiger partial charge is 0.253 e. The highest BCUT2D eigenvalue weighted by molar-refractivity contribution is 7.89. The number of hydrogen-bond donors (Lipinski definition) is 1. The number of sulfonamides is 1. The Balaban J connectivity index is 1.64. The Morgan fingerprint density at radius 3 is 2.29 bits per heavy atom. The van der Waals surface area contributed by atoms with Gasteiger partial charge in [-0.3, -0.25) is 4.79 Å². The van der Waals surface area contributed by atoms with Crippen LogP contribution >= 0.6 is 11.6 Å². The highest BCUT2D eigenvalue weighted by Gasteiger charge is 2.21. The van der Waals surface area contributed by atoms with Crippen LogP contribution in [-0.4, -0.2) is 42.5 Å². The van der Waals surface area contributed by atoms with Crippen molar-refractivity contribution in [1.29, 1.82) is 0 Å². The average molecular weight is 495 g/mol. The van der Waals surface area contributed by atoms with Gasteiger partial charge < -0.3 is 5.32 Å². The minimum absolute atomic E-state index is 0.00563. The first-order valence-electron chi connectivity index (χ1n) is 10.5. The largest absolute Gasteiger partial charge is 0.348 e. The van der Waals surface area contributed by atoms with Crippen molar-refractivity contribution in [2.75, 3.05) is 14.1 Å². The minimum atomic E-state index is -3.71. The third kappa shape index (κ3) is 4.89. The number of carbonyl (C=O) groups is 1. The number of hydrogen-bond acceptors (Lipinski definition) is 4. The maximum atomic E-state index is 13.0. The Bertz CT molecular complexity index is 1420. The predicted octanol–water partition coefficient (Wildman–Crippen LogP) is 4.37. The number of benzene rings is 3. The number of halogens is 1. The van der Waals surface area contributed by atoms with E-state index in [0.29, 0.717) is 0 Å². The second kappa shape index (κ2) is 9.80. The fourth-order valence-electron chi connectivity index (χ4n) is 3.41. The summed E-state index contributed by atoms with van der Waals surface area (Å²) in [7, 11) is -0.846. The number of para-hydroxylation sites is 1. The molecule has 0 atom stereocenters. The van der Waals surface area contributed by atoms with Crippen molar-refractivity contribution < 1.29 is 13.2 Å². The zero-order chi connectivity index (χ0) is 24.3. The van der Waals surface area contributed by atoms with E-state index in [2.05, 4.69) is 5.32 Å². The van der Waals surface area contributed by atoms with E-state index in [4.69, 9.17) is 16.7 Å². The zero-order valence-electron chi connectivity index (χ0n) is 18.6. The molecular weight excluding hydrogens is 472 g/mol. The first kappa shape index (κ1) is 23.7. The van der Waals surface area contributed by atoms with Crippen molar-refractivity contribution in [3.05, 3.63) is 101 Å². The van der Waals surface area contributed by atoms with E-state index in [1.165, 1.54) is 32.3 Å². The number of rotatable bonds is 7. The van der Waals surface area contributed by atoms with Gasteiger partial charge in [0.1, 0.15) is 0 Å². The summed E-state index contributed by atoms with van der Waals surface area (Å²) in [6, 6.07) is 23.4. The number of aromatic nitrogens is 2. The lowest BCUT2D eigenvalue weighted by molar-refractivity contribution is 0.0951. The van der Waals surface area contributed by atoms with Gasteiger partial charge >= 0.3 is 0 Å². The lowest BCUT2D eigenvalue weighted by atomic mass is 10.1. The van der Waals surface area contributed by atoms with Crippen LogP contribution in [-0.2, 0) is 16.6 Å². The Hall–Kier alpha value is -3.46. The van der Waals surface area contributed by atoms with Crippen molar-refractivity contribution in [2.45, 2.75) is 11.4 Å². The first-order valence-corrected chi connectivity index (χ1v) is 12.3. The van der Waals surface area contributed by atoms with Gasteiger partial charge in [-0.15, -0.1) is 0 Å². The Kier molecular flexibility index (Phi) is 6.83. The maximum Gasteiger partial charge on any atom is 0.253 e. The molecule has 1 N–H and O–H groups in total. The summed E-state index contributed by atoms with van der Waals surface area (Å²) in [5, 5.41) is 7.76. The van der Waals surface area contributed by atoms with Crippen molar-refractivity contribution in [3.8, 4) is 16.9 Å². The molecule has 4 rings (SSSR count). The van der Waals surface area contributed by atoms with Crippen molar-refractivity contribution in [2.24, 2.45) is 0 Å². The lowest BCUT2D eigenvalue weighted by Gasteiger charge is -2.13. The molecular formula is C25H23ClN4O3S. The summed E-state index contributed by atoms with van der Waals surface area (Å²) in [6.45, 7) is 0.177. The van der Waals surface area contributed by atoms with E-state index >= 15 is 0 Å². The molecule has 1 aromatic heterocycles. The molecule has 0 fully saturated rings. The van der Waals surface area contributed by atoms with Crippen LogP contribution in [0.2, 0.25) is 5.02 Å². The fourth-order valence-corrected chi connectivity index (χ4v) is 4.54. The Morgan fingerprint density at radius 2 is 1.65 bits per heavy atom. The third-order valence-electron chi connectivity index (χ3n) is 5.26. The molecule has 9 heteroatoms. The molecule has 174 valence electrons. The SMILES string of the molecule is CN(C)S(=O)(=O)c1ccc(Cl)c(C(=O)NCc2cn(-c3ccccc3)nc2-c2ccccc2)c1. The monoisotopic (exact) mass is 494 g/mol. The summed E-state index contributed by atoms with van der Waals surface area (Å²) < 4.78 is 27.8. The topological polar surface area (TPSA) is 84.3 Å². The number of nitrogens with zero attached hydrogens (tertiary/aromatic N) is 3. The van der Waals surface area contributed by atoms with Gasteiger partial charge in [0.15, 0.2) is 0 Å². The standard InChI is InChI=1S/C25H23ClN4O3S/c1-29(2)34(32,33)21-13-14-23(26)22(15-21)25(31)27-16-19-17-30(20-11-7-4-8-12-20)28-24(19)18-9-5-3-6-10-18/h3-15,17H,16H2,1-2H3,(H,27,31). The lowest BCUT2D eigenvalue weighted by Crippen LogP contribution is -2.25. The van der Waals surface area contributed by atoms with E-state index in [1.807, 2.05) is 66.9 Å². The molecule has 0 aliphatic carbocycles. The average Bonchev–Trinajstić information content (AvgIpc) is 3.28. The van der Waals surface area contributed by atoms with E-state index in [0.717, 1.165) is 26.8 Å². The maximum absolute atomic E-state index is 13.0. The number of amides is 1. The molecule has 0 unspecified atom stereocenters. The molecule has 3 aromatic carbocycles. The molecule has 0 aliphatic heterocycles. The van der Waals surface area contributed by atoms with E-state index in [-0.39, 0.29) is 22.0 Å². The van der Waals surface area contributed by atoms with Crippen LogP contribution in [0.4, 0.5) is 0 Å². The highest BCUT2D eigenvalue weighted by Crippen LogP contribution is 2.25. The molecule has 0 saturated carbocycles. The summed E-state index contributed by atoms with van der Waals surface area (Å²) in [5.41, 5.74) is 3.43. The van der Waals surface area contributed by atoms with Crippen LogP contribution in [0.5, 0.6) is 0 Å². The normalized spacial score (nSPS) is 11.5. The van der Waals surface area contributed by atoms with E-state index in [1.54, 1.807) is 4.68 Å². The highest BCUT2D eigenvalue weighted by atomic mass is 35.5. The van der Waals surface area contributed by atoms with Crippen molar-refractivity contribution in [1.82, 2.24) is 19.4 Å². The molecule has 0 bridgehead atoms. The van der Waals surface area contributed by atoms with Gasteiger partial charge in [0.05, 0.1) is 26.9 Å². The summed E-state index contributed by atoms with van der Waals surface area (Å²) >= 11 is 6.23. The first-order chi connectivity index (χ1) is 16.3. The van der Waals surface area contributed by atoms with Gasteiger partial charge in [-0.05, 0) is 30.3 Å². The van der Waals surface area contributed by atoms with Crippen molar-refractivity contribution >= 4 is 27.5 Å². The molecule has 1 heterocycles. The fraction of sp³-hybridized carbons (Fsp3) is 0.120. The number of carbonyl (C=O) groups excluding carboxylic acids is 1. The van der Waals surface area contributed by atoms with Gasteiger partial charge in [-0.25, -0.2) is 17.4 Å². The molecule has 7 nitrogen and oxygen atoms in total. The third-order valence-corrected chi connectivity index (χ3v) is 7.40. The predicted molar refractivity (Wildman–Crippen MR) is 132 cm³/mol. The number of nitrogens with one attached hydrogen (secondary N) is 1. The van der Waals surface area contributed by atoms with Gasteiger partial charge in [-0.1, -0.05) is 60.1 Å². The molecule has 0 spiro atoms. The summed E-state index contributed by atoms with van der Waals surface area (Å²) in [5.74, 6) is -0.479. The van der Waals surface area contributed by atoms with Crippen molar-refractivity contribution in [3.63, 3.8) is 0 Å². The Morgan fingerprint density at radius 1 is 1.00 bits per heavy atom. The molecule has 0 aliphatic rings. The van der Waals surface area contributed by atoms with Crippen LogP contribution in [0.25, 0.3) is 16.9 Å². The quantitative estimate of drug-likeness (QED) is 0.413. The summed E-state index contributed by atoms with van der Waals surface area (Å²) in [4.78, 5) is 13.0.